The maximum absolute atomic E-state index is 12.0. The first-order chi connectivity index (χ1) is 12.9. The molecule has 0 aliphatic heterocycles. The minimum Gasteiger partial charge on any atom is -0.349 e. The molecule has 1 atom stereocenters. The molecule has 0 aliphatic carbocycles. The van der Waals surface area contributed by atoms with Crippen LogP contribution in [0.1, 0.15) is 29.3 Å². The van der Waals surface area contributed by atoms with Crippen LogP contribution < -0.4 is 16.2 Å². The van der Waals surface area contributed by atoms with Crippen LogP contribution in [0.25, 0.3) is 0 Å². The Kier molecular flexibility index (Phi) is 7.88. The molecule has 0 saturated heterocycles. The largest absolute Gasteiger partial charge is 0.349 e. The molecule has 0 bridgehead atoms. The topological polar surface area (TPSA) is 87.3 Å². The fourth-order valence-electron chi connectivity index (χ4n) is 2.24. The van der Waals surface area contributed by atoms with Gasteiger partial charge in [-0.1, -0.05) is 35.9 Å². The van der Waals surface area contributed by atoms with E-state index in [1.54, 1.807) is 31.2 Å². The molecule has 0 aliphatic rings. The van der Waals surface area contributed by atoms with Crippen molar-refractivity contribution in [1.82, 2.24) is 16.2 Å². The lowest BCUT2D eigenvalue weighted by atomic mass is 10.2. The second kappa shape index (κ2) is 10.4. The van der Waals surface area contributed by atoms with Crippen LogP contribution in [-0.4, -0.2) is 29.5 Å². The number of nitrogens with one attached hydrogen (secondary N) is 3. The number of amides is 3. The van der Waals surface area contributed by atoms with Crippen LogP contribution in [0.15, 0.2) is 59.5 Å². The van der Waals surface area contributed by atoms with Crippen molar-refractivity contribution in [2.75, 3.05) is 5.75 Å². The number of carbonyl (C=O) groups excluding carboxylic acids is 3. The van der Waals surface area contributed by atoms with E-state index < -0.39 is 0 Å². The quantitative estimate of drug-likeness (QED) is 0.505. The Labute approximate surface area is 163 Å². The average Bonchev–Trinajstić information content (AvgIpc) is 2.66. The highest BCUT2D eigenvalue weighted by Gasteiger charge is 2.13. The molecule has 1 unspecified atom stereocenters. The van der Waals surface area contributed by atoms with Gasteiger partial charge in [0.05, 0.1) is 5.75 Å². The highest BCUT2D eigenvalue weighted by molar-refractivity contribution is 8.00. The van der Waals surface area contributed by atoms with E-state index in [2.05, 4.69) is 16.2 Å². The second-order valence-corrected chi connectivity index (χ2v) is 7.19. The summed E-state index contributed by atoms with van der Waals surface area (Å²) >= 11 is 1.39. The Morgan fingerprint density at radius 1 is 0.926 bits per heavy atom. The summed E-state index contributed by atoms with van der Waals surface area (Å²) in [5.41, 5.74) is 6.44. The molecule has 3 amide bonds. The summed E-state index contributed by atoms with van der Waals surface area (Å²) in [6.07, 6.45) is 0.0595. The molecule has 6 nitrogen and oxygen atoms in total. The van der Waals surface area contributed by atoms with Gasteiger partial charge >= 0.3 is 0 Å². The van der Waals surface area contributed by atoms with Gasteiger partial charge in [-0.25, -0.2) is 0 Å². The van der Waals surface area contributed by atoms with Gasteiger partial charge in [-0.3, -0.25) is 25.2 Å². The third-order valence-corrected chi connectivity index (χ3v) is 4.65. The van der Waals surface area contributed by atoms with Crippen molar-refractivity contribution >= 4 is 29.5 Å². The van der Waals surface area contributed by atoms with Crippen molar-refractivity contribution in [3.63, 3.8) is 0 Å². The van der Waals surface area contributed by atoms with E-state index in [4.69, 9.17) is 0 Å². The number of thioether (sulfide) groups is 1. The Morgan fingerprint density at radius 3 is 2.22 bits per heavy atom. The molecule has 0 aromatic heterocycles. The van der Waals surface area contributed by atoms with E-state index in [-0.39, 0.29) is 35.9 Å². The predicted octanol–water partition coefficient (Wildman–Crippen LogP) is 2.44. The van der Waals surface area contributed by atoms with Crippen LogP contribution in [-0.2, 0) is 9.59 Å². The molecule has 0 heterocycles. The van der Waals surface area contributed by atoms with Gasteiger partial charge in [0.15, 0.2) is 0 Å². The molecule has 0 spiro atoms. The summed E-state index contributed by atoms with van der Waals surface area (Å²) in [6.45, 7) is 3.73. The molecular formula is C20H23N3O3S. The highest BCUT2D eigenvalue weighted by Crippen LogP contribution is 2.17. The smallest absolute Gasteiger partial charge is 0.251 e. The molecule has 0 radical (unpaired) electrons. The normalized spacial score (nSPS) is 11.3. The number of hydrogen-bond acceptors (Lipinski definition) is 4. The second-order valence-electron chi connectivity index (χ2n) is 6.14. The maximum Gasteiger partial charge on any atom is 0.251 e. The van der Waals surface area contributed by atoms with Gasteiger partial charge in [-0.05, 0) is 38.1 Å². The lowest BCUT2D eigenvalue weighted by molar-refractivity contribution is -0.127. The molecule has 2 aromatic rings. The van der Waals surface area contributed by atoms with Gasteiger partial charge < -0.3 is 5.32 Å². The summed E-state index contributed by atoms with van der Waals surface area (Å²) < 4.78 is 0. The van der Waals surface area contributed by atoms with Crippen LogP contribution in [0, 0.1) is 6.92 Å². The van der Waals surface area contributed by atoms with E-state index >= 15 is 0 Å². The molecule has 0 fully saturated rings. The van der Waals surface area contributed by atoms with E-state index in [1.807, 2.05) is 37.3 Å². The Hall–Kier alpha value is -2.80. The molecule has 2 rings (SSSR count). The molecular weight excluding hydrogens is 362 g/mol. The van der Waals surface area contributed by atoms with Gasteiger partial charge in [0, 0.05) is 22.9 Å². The van der Waals surface area contributed by atoms with Gasteiger partial charge in [0.25, 0.3) is 5.91 Å². The number of aryl methyl sites for hydroxylation is 1. The number of hydrazine groups is 1. The maximum atomic E-state index is 12.0. The number of carbonyl (C=O) groups is 3. The average molecular weight is 385 g/mol. The van der Waals surface area contributed by atoms with E-state index in [0.717, 1.165) is 10.5 Å². The fraction of sp³-hybridized carbons (Fsp3) is 0.250. The minimum absolute atomic E-state index is 0.0595. The van der Waals surface area contributed by atoms with Gasteiger partial charge in [-0.2, -0.15) is 0 Å². The predicted molar refractivity (Wildman–Crippen MR) is 106 cm³/mol. The summed E-state index contributed by atoms with van der Waals surface area (Å²) in [6, 6.07) is 16.3. The molecule has 142 valence electrons. The Bertz CT molecular complexity index is 779. The van der Waals surface area contributed by atoms with Crippen LogP contribution in [0.3, 0.4) is 0 Å². The third kappa shape index (κ3) is 7.53. The van der Waals surface area contributed by atoms with Crippen molar-refractivity contribution in [1.29, 1.82) is 0 Å². The zero-order valence-corrected chi connectivity index (χ0v) is 16.1. The lowest BCUT2D eigenvalue weighted by Crippen LogP contribution is -2.45. The van der Waals surface area contributed by atoms with Crippen LogP contribution in [0.4, 0.5) is 0 Å². The van der Waals surface area contributed by atoms with Crippen molar-refractivity contribution in [2.24, 2.45) is 0 Å². The summed E-state index contributed by atoms with van der Waals surface area (Å²) in [5, 5.41) is 2.75. The highest BCUT2D eigenvalue weighted by atomic mass is 32.2. The fourth-order valence-corrected chi connectivity index (χ4v) is 2.93. The van der Waals surface area contributed by atoms with Crippen molar-refractivity contribution in [3.8, 4) is 0 Å². The first-order valence-electron chi connectivity index (χ1n) is 8.57. The first kappa shape index (κ1) is 20.5. The summed E-state index contributed by atoms with van der Waals surface area (Å²) in [4.78, 5) is 36.7. The first-order valence-corrected chi connectivity index (χ1v) is 9.55. The molecule has 3 N–H and O–H groups in total. The van der Waals surface area contributed by atoms with E-state index in [1.165, 1.54) is 11.8 Å². The van der Waals surface area contributed by atoms with Crippen molar-refractivity contribution in [3.05, 3.63) is 65.7 Å². The van der Waals surface area contributed by atoms with Crippen LogP contribution in [0.5, 0.6) is 0 Å². The third-order valence-electron chi connectivity index (χ3n) is 3.64. The Balaban J connectivity index is 1.66. The standard InChI is InChI=1S/C20H23N3O3S/c1-14-8-10-17(11-9-14)27-13-19(25)23-22-18(24)12-15(2)21-20(26)16-6-4-3-5-7-16/h3-11,15H,12-13H2,1-2H3,(H,21,26)(H,22,24)(H,23,25). The number of benzene rings is 2. The molecule has 0 saturated carbocycles. The van der Waals surface area contributed by atoms with Gasteiger partial charge in [-0.15, -0.1) is 11.8 Å². The molecule has 7 heteroatoms. The van der Waals surface area contributed by atoms with Crippen LogP contribution >= 0.6 is 11.8 Å². The van der Waals surface area contributed by atoms with E-state index in [0.29, 0.717) is 5.56 Å². The molecule has 2 aromatic carbocycles. The van der Waals surface area contributed by atoms with Gasteiger partial charge in [0.1, 0.15) is 0 Å². The van der Waals surface area contributed by atoms with Crippen LogP contribution in [0.2, 0.25) is 0 Å². The van der Waals surface area contributed by atoms with E-state index in [9.17, 15) is 14.4 Å². The zero-order chi connectivity index (χ0) is 19.6. The number of hydrogen-bond donors (Lipinski definition) is 3. The number of rotatable bonds is 7. The van der Waals surface area contributed by atoms with Crippen molar-refractivity contribution in [2.45, 2.75) is 31.2 Å². The minimum atomic E-state index is -0.371. The lowest BCUT2D eigenvalue weighted by Gasteiger charge is -2.14. The summed E-state index contributed by atoms with van der Waals surface area (Å²) in [5.74, 6) is -0.710. The summed E-state index contributed by atoms with van der Waals surface area (Å²) in [7, 11) is 0. The SMILES string of the molecule is Cc1ccc(SCC(=O)NNC(=O)CC(C)NC(=O)c2ccccc2)cc1. The molecule has 27 heavy (non-hydrogen) atoms. The monoisotopic (exact) mass is 385 g/mol. The van der Waals surface area contributed by atoms with Gasteiger partial charge in [0.2, 0.25) is 11.8 Å². The Morgan fingerprint density at radius 2 is 1.56 bits per heavy atom. The van der Waals surface area contributed by atoms with Crippen molar-refractivity contribution < 1.29 is 14.4 Å². The zero-order valence-electron chi connectivity index (χ0n) is 15.3.